The van der Waals surface area contributed by atoms with Gasteiger partial charge in [-0.25, -0.2) is 0 Å². The number of rotatable bonds is 3. The summed E-state index contributed by atoms with van der Waals surface area (Å²) < 4.78 is 2.25. The minimum Gasteiger partial charge on any atom is -0.357 e. The first-order valence-electron chi connectivity index (χ1n) is 8.79. The molecule has 1 aliphatic rings. The minimum absolute atomic E-state index is 0.816. The molecule has 0 N–H and O–H groups in total. The van der Waals surface area contributed by atoms with Crippen molar-refractivity contribution in [1.82, 2.24) is 4.57 Å². The third-order valence-corrected chi connectivity index (χ3v) is 4.93. The van der Waals surface area contributed by atoms with E-state index in [-0.39, 0.29) is 0 Å². The zero-order chi connectivity index (χ0) is 16.4. The van der Waals surface area contributed by atoms with Crippen LogP contribution < -0.4 is 4.90 Å². The molecule has 1 fully saturated rings. The van der Waals surface area contributed by atoms with E-state index in [2.05, 4.69) is 45.9 Å². The molecule has 2 heterocycles. The molecule has 1 aliphatic heterocycles. The lowest BCUT2D eigenvalue weighted by Gasteiger charge is -2.25. The number of hydrogen-bond acceptors (Lipinski definition) is 2. The molecule has 3 aromatic rings. The van der Waals surface area contributed by atoms with Crippen molar-refractivity contribution in [2.24, 2.45) is 0 Å². The molecule has 3 nitrogen and oxygen atoms in total. The highest BCUT2D eigenvalue weighted by molar-refractivity contribution is 6.05. The molecule has 122 valence electrons. The summed E-state index contributed by atoms with van der Waals surface area (Å²) in [6, 6.07) is 18.6. The number of para-hydroxylation sites is 2. The summed E-state index contributed by atoms with van der Waals surface area (Å²) in [7, 11) is 0. The maximum absolute atomic E-state index is 12.0. The molecule has 0 saturated carbocycles. The molecule has 2 aromatic carbocycles. The molecular weight excluding hydrogens is 296 g/mol. The van der Waals surface area contributed by atoms with E-state index >= 15 is 0 Å². The quantitative estimate of drug-likeness (QED) is 0.647. The number of carbonyl (C=O) groups is 1. The summed E-state index contributed by atoms with van der Waals surface area (Å²) in [5, 5.41) is 1.04. The van der Waals surface area contributed by atoms with Gasteiger partial charge in [0.15, 0.2) is 6.29 Å². The summed E-state index contributed by atoms with van der Waals surface area (Å²) >= 11 is 0. The Kier molecular flexibility index (Phi) is 4.08. The molecule has 0 aliphatic carbocycles. The molecule has 3 heteroatoms. The zero-order valence-electron chi connectivity index (χ0n) is 13.8. The summed E-state index contributed by atoms with van der Waals surface area (Å²) in [5.74, 6) is 1.05. The van der Waals surface area contributed by atoms with E-state index in [1.54, 1.807) is 0 Å². The Morgan fingerprint density at radius 3 is 2.17 bits per heavy atom. The van der Waals surface area contributed by atoms with Gasteiger partial charge >= 0.3 is 0 Å². The molecule has 4 rings (SSSR count). The zero-order valence-corrected chi connectivity index (χ0v) is 13.8. The average Bonchev–Trinajstić information content (AvgIpc) is 2.77. The summed E-state index contributed by atoms with van der Waals surface area (Å²) in [6.07, 6.45) is 5.96. The van der Waals surface area contributed by atoms with E-state index in [1.165, 1.54) is 25.7 Å². The van der Waals surface area contributed by atoms with Gasteiger partial charge in [0.05, 0.1) is 11.1 Å². The van der Waals surface area contributed by atoms with Crippen molar-refractivity contribution in [3.8, 4) is 5.69 Å². The number of carbonyl (C=O) groups excluding carboxylic acids is 1. The predicted octanol–water partition coefficient (Wildman–Crippen LogP) is 4.82. The number of anilines is 1. The molecule has 0 amide bonds. The van der Waals surface area contributed by atoms with Gasteiger partial charge in [-0.05, 0) is 31.0 Å². The lowest BCUT2D eigenvalue weighted by atomic mass is 10.2. The van der Waals surface area contributed by atoms with E-state index in [0.29, 0.717) is 0 Å². The first-order chi connectivity index (χ1) is 11.9. The minimum atomic E-state index is 0.816. The Hall–Kier alpha value is -2.55. The highest BCUT2D eigenvalue weighted by atomic mass is 16.1. The molecule has 0 radical (unpaired) electrons. The van der Waals surface area contributed by atoms with Gasteiger partial charge in [-0.3, -0.25) is 9.36 Å². The highest BCUT2D eigenvalue weighted by Gasteiger charge is 2.23. The van der Waals surface area contributed by atoms with Crippen LogP contribution in [0.4, 0.5) is 5.82 Å². The number of aromatic nitrogens is 1. The van der Waals surface area contributed by atoms with E-state index in [0.717, 1.165) is 47.3 Å². The smallest absolute Gasteiger partial charge is 0.154 e. The van der Waals surface area contributed by atoms with Gasteiger partial charge in [0.2, 0.25) is 0 Å². The summed E-state index contributed by atoms with van der Waals surface area (Å²) in [4.78, 5) is 14.4. The van der Waals surface area contributed by atoms with E-state index in [4.69, 9.17) is 0 Å². The maximum Gasteiger partial charge on any atom is 0.154 e. The Bertz CT molecular complexity index is 843. The monoisotopic (exact) mass is 318 g/mol. The van der Waals surface area contributed by atoms with Gasteiger partial charge in [0.1, 0.15) is 5.82 Å². The second-order valence-corrected chi connectivity index (χ2v) is 6.44. The van der Waals surface area contributed by atoms with Crippen molar-refractivity contribution in [2.75, 3.05) is 18.0 Å². The highest BCUT2D eigenvalue weighted by Crippen LogP contribution is 2.35. The van der Waals surface area contributed by atoms with Gasteiger partial charge in [-0.15, -0.1) is 0 Å². The fourth-order valence-electron chi connectivity index (χ4n) is 3.80. The van der Waals surface area contributed by atoms with Crippen molar-refractivity contribution >= 4 is 23.0 Å². The van der Waals surface area contributed by atoms with Crippen molar-refractivity contribution in [2.45, 2.75) is 25.7 Å². The van der Waals surface area contributed by atoms with Gasteiger partial charge in [-0.2, -0.15) is 0 Å². The number of fused-ring (bicyclic) bond motifs is 1. The number of aldehydes is 1. The van der Waals surface area contributed by atoms with Crippen LogP contribution in [0.5, 0.6) is 0 Å². The van der Waals surface area contributed by atoms with Gasteiger partial charge < -0.3 is 4.90 Å². The largest absolute Gasteiger partial charge is 0.357 e. The van der Waals surface area contributed by atoms with Gasteiger partial charge in [-0.1, -0.05) is 49.2 Å². The average molecular weight is 318 g/mol. The van der Waals surface area contributed by atoms with E-state index < -0.39 is 0 Å². The predicted molar refractivity (Wildman–Crippen MR) is 99.3 cm³/mol. The molecule has 0 bridgehead atoms. The van der Waals surface area contributed by atoms with E-state index in [9.17, 15) is 4.79 Å². The normalized spacial score (nSPS) is 15.4. The second kappa shape index (κ2) is 6.52. The van der Waals surface area contributed by atoms with Crippen LogP contribution in [0.2, 0.25) is 0 Å². The molecular formula is C21H22N2O. The third kappa shape index (κ3) is 2.50. The summed E-state index contributed by atoms with van der Waals surface area (Å²) in [6.45, 7) is 2.04. The van der Waals surface area contributed by atoms with Crippen LogP contribution in [0, 0.1) is 0 Å². The number of nitrogens with zero attached hydrogens (tertiary/aromatic N) is 2. The lowest BCUT2D eigenvalue weighted by molar-refractivity contribution is 0.112. The molecule has 24 heavy (non-hydrogen) atoms. The van der Waals surface area contributed by atoms with Crippen LogP contribution >= 0.6 is 0 Å². The molecule has 1 saturated heterocycles. The maximum atomic E-state index is 12.0. The van der Waals surface area contributed by atoms with Crippen molar-refractivity contribution in [3.63, 3.8) is 0 Å². The van der Waals surface area contributed by atoms with Gasteiger partial charge in [0, 0.05) is 24.2 Å². The SMILES string of the molecule is O=Cc1c(N2CCCCCC2)n(-c2ccccc2)c2ccccc12. The Balaban J connectivity index is 2.00. The van der Waals surface area contributed by atoms with Crippen LogP contribution in [-0.4, -0.2) is 23.9 Å². The number of hydrogen-bond donors (Lipinski definition) is 0. The van der Waals surface area contributed by atoms with Crippen molar-refractivity contribution in [3.05, 3.63) is 60.2 Å². The summed E-state index contributed by atoms with van der Waals surface area (Å²) in [5.41, 5.74) is 3.03. The van der Waals surface area contributed by atoms with Crippen LogP contribution in [0.25, 0.3) is 16.6 Å². The molecule has 0 atom stereocenters. The first kappa shape index (κ1) is 15.0. The van der Waals surface area contributed by atoms with Gasteiger partial charge in [0.25, 0.3) is 0 Å². The van der Waals surface area contributed by atoms with Crippen LogP contribution in [0.3, 0.4) is 0 Å². The van der Waals surface area contributed by atoms with E-state index in [1.807, 2.05) is 18.2 Å². The Morgan fingerprint density at radius 2 is 1.46 bits per heavy atom. The lowest BCUT2D eigenvalue weighted by Crippen LogP contribution is -2.27. The Morgan fingerprint density at radius 1 is 0.792 bits per heavy atom. The molecule has 1 aromatic heterocycles. The van der Waals surface area contributed by atoms with Crippen LogP contribution in [0.1, 0.15) is 36.0 Å². The van der Waals surface area contributed by atoms with Crippen molar-refractivity contribution in [1.29, 1.82) is 0 Å². The number of benzene rings is 2. The molecule has 0 spiro atoms. The van der Waals surface area contributed by atoms with Crippen molar-refractivity contribution < 1.29 is 4.79 Å². The first-order valence-corrected chi connectivity index (χ1v) is 8.79. The molecule has 0 unspecified atom stereocenters. The Labute approximate surface area is 142 Å². The fourth-order valence-corrected chi connectivity index (χ4v) is 3.80. The standard InChI is InChI=1S/C21H22N2O/c24-16-19-18-12-6-7-13-20(18)23(17-10-4-3-5-11-17)21(19)22-14-8-1-2-9-15-22/h3-7,10-13,16H,1-2,8-9,14-15H2. The van der Waals surface area contributed by atoms with Crippen LogP contribution in [0.15, 0.2) is 54.6 Å². The third-order valence-electron chi connectivity index (χ3n) is 4.93. The topological polar surface area (TPSA) is 25.2 Å². The fraction of sp³-hybridized carbons (Fsp3) is 0.286. The second-order valence-electron chi connectivity index (χ2n) is 6.44. The van der Waals surface area contributed by atoms with Crippen LogP contribution in [-0.2, 0) is 0 Å².